The molecule has 3 aromatic rings. The maximum Gasteiger partial charge on any atom is 0.247 e. The van der Waals surface area contributed by atoms with Crippen LogP contribution in [0.25, 0.3) is 22.7 Å². The van der Waals surface area contributed by atoms with E-state index < -0.39 is 9.84 Å². The molecule has 3 heterocycles. The molecule has 0 bridgehead atoms. The van der Waals surface area contributed by atoms with E-state index in [-0.39, 0.29) is 10.8 Å². The van der Waals surface area contributed by atoms with Crippen LogP contribution in [-0.4, -0.2) is 29.6 Å². The third-order valence-electron chi connectivity index (χ3n) is 2.80. The van der Waals surface area contributed by atoms with E-state index in [1.807, 2.05) is 13.0 Å². The number of rotatable bonds is 2. The van der Waals surface area contributed by atoms with Crippen LogP contribution in [0.3, 0.4) is 0 Å². The van der Waals surface area contributed by atoms with Crippen LogP contribution in [-0.2, 0) is 9.84 Å². The van der Waals surface area contributed by atoms with Crippen LogP contribution in [0.5, 0.6) is 0 Å². The maximum atomic E-state index is 11.8. The van der Waals surface area contributed by atoms with Crippen LogP contribution in [0, 0.1) is 6.92 Å². The maximum absolute atomic E-state index is 11.8. The Morgan fingerprint density at radius 1 is 1.25 bits per heavy atom. The number of nitrogens with zero attached hydrogens (tertiary/aromatic N) is 3. The number of hydrogen-bond acceptors (Lipinski definition) is 6. The Hall–Kier alpha value is -2.28. The zero-order valence-electron chi connectivity index (χ0n) is 10.9. The summed E-state index contributed by atoms with van der Waals surface area (Å²) in [6.07, 6.45) is 5.58. The minimum absolute atomic E-state index is 0.0864. The molecule has 6 nitrogen and oxygen atoms in total. The Bertz CT molecular complexity index is 900. The van der Waals surface area contributed by atoms with E-state index in [1.54, 1.807) is 12.3 Å². The molecule has 3 rings (SSSR count). The number of aryl methyl sites for hydroxylation is 1. The standard InChI is InChI=1S/C13H11N3O3S/c1-8-5-10-13(15-6-8)19-12(16-10)9-3-4-14-7-11(9)20(2,17)18/h3-7H,1-2H3. The van der Waals surface area contributed by atoms with Crippen molar-refractivity contribution in [3.05, 3.63) is 36.3 Å². The lowest BCUT2D eigenvalue weighted by atomic mass is 10.3. The average Bonchev–Trinajstić information content (AvgIpc) is 2.80. The lowest BCUT2D eigenvalue weighted by Crippen LogP contribution is -2.00. The number of fused-ring (bicyclic) bond motifs is 1. The first-order valence-corrected chi connectivity index (χ1v) is 7.72. The molecule has 0 aliphatic heterocycles. The quantitative estimate of drug-likeness (QED) is 0.717. The Kier molecular flexibility index (Phi) is 2.79. The molecular formula is C13H11N3O3S. The fourth-order valence-electron chi connectivity index (χ4n) is 1.89. The van der Waals surface area contributed by atoms with Crippen LogP contribution in [0.2, 0.25) is 0 Å². The van der Waals surface area contributed by atoms with Gasteiger partial charge in [0.2, 0.25) is 11.6 Å². The largest absolute Gasteiger partial charge is 0.418 e. The molecule has 0 radical (unpaired) electrons. The van der Waals surface area contributed by atoms with Gasteiger partial charge in [-0.2, -0.15) is 0 Å². The highest BCUT2D eigenvalue weighted by molar-refractivity contribution is 7.90. The van der Waals surface area contributed by atoms with Crippen LogP contribution < -0.4 is 0 Å². The second kappa shape index (κ2) is 4.38. The molecule has 0 saturated carbocycles. The number of aromatic nitrogens is 3. The molecule has 0 aliphatic carbocycles. The predicted octanol–water partition coefficient (Wildman–Crippen LogP) is 2.00. The summed E-state index contributed by atoms with van der Waals surface area (Å²) >= 11 is 0. The molecule has 3 aromatic heterocycles. The summed E-state index contributed by atoms with van der Waals surface area (Å²) in [5.41, 5.74) is 2.31. The Labute approximate surface area is 115 Å². The van der Waals surface area contributed by atoms with Crippen LogP contribution >= 0.6 is 0 Å². The lowest BCUT2D eigenvalue weighted by molar-refractivity contribution is 0.594. The number of hydrogen-bond donors (Lipinski definition) is 0. The molecule has 0 N–H and O–H groups in total. The van der Waals surface area contributed by atoms with E-state index >= 15 is 0 Å². The summed E-state index contributed by atoms with van der Waals surface area (Å²) in [6.45, 7) is 1.90. The number of oxazole rings is 1. The molecule has 0 amide bonds. The summed E-state index contributed by atoms with van der Waals surface area (Å²) in [5, 5.41) is 0. The van der Waals surface area contributed by atoms with Crippen molar-refractivity contribution >= 4 is 21.1 Å². The normalized spacial score (nSPS) is 11.9. The van der Waals surface area contributed by atoms with E-state index in [2.05, 4.69) is 15.0 Å². The fourth-order valence-corrected chi connectivity index (χ4v) is 2.70. The highest BCUT2D eigenvalue weighted by atomic mass is 32.2. The van der Waals surface area contributed by atoms with Crippen LogP contribution in [0.4, 0.5) is 0 Å². The first kappa shape index (κ1) is 12.7. The Morgan fingerprint density at radius 3 is 2.80 bits per heavy atom. The van der Waals surface area contributed by atoms with Gasteiger partial charge >= 0.3 is 0 Å². The van der Waals surface area contributed by atoms with Crippen LogP contribution in [0.1, 0.15) is 5.56 Å². The van der Waals surface area contributed by atoms with Gasteiger partial charge in [0.25, 0.3) is 0 Å². The molecule has 0 aliphatic rings. The molecule has 0 atom stereocenters. The third kappa shape index (κ3) is 2.16. The molecule has 0 fully saturated rings. The highest BCUT2D eigenvalue weighted by Crippen LogP contribution is 2.28. The van der Waals surface area contributed by atoms with Crippen molar-refractivity contribution in [2.75, 3.05) is 6.26 Å². The van der Waals surface area contributed by atoms with Crippen LogP contribution in [0.15, 0.2) is 40.0 Å². The summed E-state index contributed by atoms with van der Waals surface area (Å²) in [5.74, 6) is 0.223. The van der Waals surface area contributed by atoms with E-state index in [0.717, 1.165) is 11.8 Å². The van der Waals surface area contributed by atoms with Gasteiger partial charge in [0, 0.05) is 24.8 Å². The van der Waals surface area contributed by atoms with Gasteiger partial charge in [-0.15, -0.1) is 0 Å². The number of pyridine rings is 2. The summed E-state index contributed by atoms with van der Waals surface area (Å²) in [7, 11) is -3.41. The van der Waals surface area contributed by atoms with Gasteiger partial charge in [0.1, 0.15) is 5.52 Å². The highest BCUT2D eigenvalue weighted by Gasteiger charge is 2.19. The van der Waals surface area contributed by atoms with Crippen molar-refractivity contribution in [1.82, 2.24) is 15.0 Å². The monoisotopic (exact) mass is 289 g/mol. The predicted molar refractivity (Wildman–Crippen MR) is 72.9 cm³/mol. The Morgan fingerprint density at radius 2 is 2.05 bits per heavy atom. The minimum Gasteiger partial charge on any atom is -0.418 e. The van der Waals surface area contributed by atoms with Gasteiger partial charge in [0.05, 0.1) is 10.5 Å². The second-order valence-corrected chi connectivity index (χ2v) is 6.48. The van der Waals surface area contributed by atoms with Crippen molar-refractivity contribution in [3.63, 3.8) is 0 Å². The van der Waals surface area contributed by atoms with Gasteiger partial charge in [0.15, 0.2) is 9.84 Å². The van der Waals surface area contributed by atoms with E-state index in [4.69, 9.17) is 4.42 Å². The Balaban J connectivity index is 2.26. The third-order valence-corrected chi connectivity index (χ3v) is 3.92. The van der Waals surface area contributed by atoms with Crippen molar-refractivity contribution in [2.45, 2.75) is 11.8 Å². The SMILES string of the molecule is Cc1cnc2oc(-c3ccncc3S(C)(=O)=O)nc2c1. The van der Waals surface area contributed by atoms with E-state index in [0.29, 0.717) is 16.8 Å². The van der Waals surface area contributed by atoms with Crippen molar-refractivity contribution in [3.8, 4) is 11.5 Å². The smallest absolute Gasteiger partial charge is 0.247 e. The molecular weight excluding hydrogens is 278 g/mol. The topological polar surface area (TPSA) is 86.0 Å². The summed E-state index contributed by atoms with van der Waals surface area (Å²) in [4.78, 5) is 12.3. The zero-order valence-corrected chi connectivity index (χ0v) is 11.7. The second-order valence-electron chi connectivity index (χ2n) is 4.50. The summed E-state index contributed by atoms with van der Waals surface area (Å²) < 4.78 is 29.1. The molecule has 7 heteroatoms. The minimum atomic E-state index is -3.41. The molecule has 102 valence electrons. The molecule has 0 spiro atoms. The average molecular weight is 289 g/mol. The van der Waals surface area contributed by atoms with Gasteiger partial charge in [-0.05, 0) is 24.6 Å². The van der Waals surface area contributed by atoms with Crippen molar-refractivity contribution in [1.29, 1.82) is 0 Å². The van der Waals surface area contributed by atoms with Crippen molar-refractivity contribution in [2.24, 2.45) is 0 Å². The van der Waals surface area contributed by atoms with Gasteiger partial charge in [-0.25, -0.2) is 18.4 Å². The van der Waals surface area contributed by atoms with E-state index in [1.165, 1.54) is 12.4 Å². The summed E-state index contributed by atoms with van der Waals surface area (Å²) in [6, 6.07) is 3.39. The molecule has 20 heavy (non-hydrogen) atoms. The molecule has 0 aromatic carbocycles. The van der Waals surface area contributed by atoms with Crippen molar-refractivity contribution < 1.29 is 12.8 Å². The van der Waals surface area contributed by atoms with E-state index in [9.17, 15) is 8.42 Å². The zero-order chi connectivity index (χ0) is 14.3. The number of sulfone groups is 1. The van der Waals surface area contributed by atoms with Gasteiger partial charge < -0.3 is 4.42 Å². The molecule has 0 saturated heterocycles. The fraction of sp³-hybridized carbons (Fsp3) is 0.154. The first-order valence-electron chi connectivity index (χ1n) is 5.83. The molecule has 0 unspecified atom stereocenters. The van der Waals surface area contributed by atoms with Gasteiger partial charge in [-0.3, -0.25) is 4.98 Å². The first-order chi connectivity index (χ1) is 9.45. The lowest BCUT2D eigenvalue weighted by Gasteiger charge is -2.02. The van der Waals surface area contributed by atoms with Gasteiger partial charge in [-0.1, -0.05) is 0 Å².